The summed E-state index contributed by atoms with van der Waals surface area (Å²) in [4.78, 5) is 26.1. The van der Waals surface area contributed by atoms with Crippen LogP contribution in [0, 0.1) is 0 Å². The van der Waals surface area contributed by atoms with Crippen molar-refractivity contribution < 1.29 is 28.5 Å². The van der Waals surface area contributed by atoms with Crippen molar-refractivity contribution in [1.82, 2.24) is 5.32 Å². The maximum atomic E-state index is 13.5. The van der Waals surface area contributed by atoms with E-state index < -0.39 is 5.92 Å². The number of amides is 1. The Bertz CT molecular complexity index is 1140. The quantitative estimate of drug-likeness (QED) is 0.610. The molecule has 0 spiro atoms. The van der Waals surface area contributed by atoms with Crippen LogP contribution in [0.25, 0.3) is 0 Å². The summed E-state index contributed by atoms with van der Waals surface area (Å²) in [5.41, 5.74) is 3.05. The molecule has 0 saturated carbocycles. The molecule has 1 N–H and O–H groups in total. The molecule has 0 unspecified atom stereocenters. The molecule has 0 saturated heterocycles. The van der Waals surface area contributed by atoms with Gasteiger partial charge in [0.1, 0.15) is 11.5 Å². The van der Waals surface area contributed by atoms with Crippen LogP contribution in [0.1, 0.15) is 42.2 Å². The average Bonchev–Trinajstić information content (AvgIpc) is 2.82. The summed E-state index contributed by atoms with van der Waals surface area (Å²) in [6.07, 6.45) is 1.07. The molecule has 1 aliphatic heterocycles. The number of benzene rings is 2. The molecule has 174 valence electrons. The highest BCUT2D eigenvalue weighted by atomic mass is 79.9. The van der Waals surface area contributed by atoms with E-state index >= 15 is 0 Å². The van der Waals surface area contributed by atoms with Gasteiger partial charge < -0.3 is 24.3 Å². The van der Waals surface area contributed by atoms with Crippen LogP contribution < -0.4 is 24.3 Å². The molecule has 1 amide bonds. The van der Waals surface area contributed by atoms with Gasteiger partial charge in [-0.1, -0.05) is 6.07 Å². The molecular formula is C25H26BrNO6. The van der Waals surface area contributed by atoms with E-state index in [1.807, 2.05) is 24.3 Å². The standard InChI is InChI=1S/C25H26BrNO6/c1-30-20-6-5-13(9-23(20)33-4)14-7-18-25(19(28)8-14)16(11-24(29)27-18)15-10-22(32-3)17(26)12-21(15)31-2/h5-6,9-10,12,14,16H,7-8,11H2,1-4H3,(H,27,29)/t14-,16+/m0/s1. The number of methoxy groups -OCH3 is 4. The Morgan fingerprint density at radius 2 is 1.52 bits per heavy atom. The first-order valence-electron chi connectivity index (χ1n) is 10.6. The Morgan fingerprint density at radius 3 is 2.18 bits per heavy atom. The van der Waals surface area contributed by atoms with E-state index in [-0.39, 0.29) is 24.0 Å². The van der Waals surface area contributed by atoms with E-state index in [9.17, 15) is 9.59 Å². The lowest BCUT2D eigenvalue weighted by Gasteiger charge is -2.35. The lowest BCUT2D eigenvalue weighted by molar-refractivity contribution is -0.122. The number of Topliss-reactive ketones (excluding diaryl/α,β-unsaturated/α-hetero) is 1. The van der Waals surface area contributed by atoms with E-state index in [1.165, 1.54) is 0 Å². The molecule has 1 aliphatic carbocycles. The summed E-state index contributed by atoms with van der Waals surface area (Å²) < 4.78 is 22.5. The minimum absolute atomic E-state index is 0.0185. The molecule has 0 aromatic heterocycles. The Kier molecular flexibility index (Phi) is 6.65. The molecule has 2 aromatic rings. The van der Waals surface area contributed by atoms with Gasteiger partial charge >= 0.3 is 0 Å². The van der Waals surface area contributed by atoms with Gasteiger partial charge in [-0.3, -0.25) is 9.59 Å². The average molecular weight is 516 g/mol. The molecule has 0 radical (unpaired) electrons. The molecular weight excluding hydrogens is 490 g/mol. The lowest BCUT2D eigenvalue weighted by atomic mass is 9.73. The fourth-order valence-corrected chi connectivity index (χ4v) is 5.21. The smallest absolute Gasteiger partial charge is 0.225 e. The number of allylic oxidation sites excluding steroid dienone is 2. The summed E-state index contributed by atoms with van der Waals surface area (Å²) in [5.74, 6) is 1.88. The number of ether oxygens (including phenoxy) is 4. The van der Waals surface area contributed by atoms with E-state index in [1.54, 1.807) is 34.5 Å². The maximum Gasteiger partial charge on any atom is 0.225 e. The van der Waals surface area contributed by atoms with Crippen molar-refractivity contribution in [2.75, 3.05) is 28.4 Å². The van der Waals surface area contributed by atoms with Crippen molar-refractivity contribution in [3.05, 3.63) is 57.2 Å². The summed E-state index contributed by atoms with van der Waals surface area (Å²) in [5, 5.41) is 2.96. The third-order valence-electron chi connectivity index (χ3n) is 6.29. The van der Waals surface area contributed by atoms with Crippen molar-refractivity contribution in [2.45, 2.75) is 31.1 Å². The van der Waals surface area contributed by atoms with Crippen LogP contribution in [0.4, 0.5) is 0 Å². The van der Waals surface area contributed by atoms with Gasteiger partial charge in [0.15, 0.2) is 17.3 Å². The fourth-order valence-electron chi connectivity index (χ4n) is 4.72. The zero-order chi connectivity index (χ0) is 23.7. The number of halogens is 1. The molecule has 2 aliphatic rings. The highest BCUT2D eigenvalue weighted by Gasteiger charge is 2.39. The van der Waals surface area contributed by atoms with Gasteiger partial charge in [0.05, 0.1) is 32.9 Å². The highest BCUT2D eigenvalue weighted by Crippen LogP contribution is 2.47. The molecule has 2 aromatic carbocycles. The second-order valence-electron chi connectivity index (χ2n) is 8.07. The first-order valence-corrected chi connectivity index (χ1v) is 11.4. The summed E-state index contributed by atoms with van der Waals surface area (Å²) >= 11 is 3.47. The minimum atomic E-state index is -0.399. The molecule has 4 rings (SSSR count). The van der Waals surface area contributed by atoms with Crippen LogP contribution >= 0.6 is 15.9 Å². The topological polar surface area (TPSA) is 83.1 Å². The number of hydrogen-bond donors (Lipinski definition) is 1. The molecule has 2 atom stereocenters. The van der Waals surface area contributed by atoms with Crippen LogP contribution in [0.15, 0.2) is 46.1 Å². The van der Waals surface area contributed by atoms with Gasteiger partial charge in [0.25, 0.3) is 0 Å². The van der Waals surface area contributed by atoms with Gasteiger partial charge in [-0.05, 0) is 58.1 Å². The molecule has 1 heterocycles. The van der Waals surface area contributed by atoms with Gasteiger partial charge in [0, 0.05) is 35.6 Å². The maximum absolute atomic E-state index is 13.5. The van der Waals surface area contributed by atoms with Crippen molar-refractivity contribution in [3.8, 4) is 23.0 Å². The second-order valence-corrected chi connectivity index (χ2v) is 8.92. The third kappa shape index (κ3) is 4.31. The van der Waals surface area contributed by atoms with E-state index in [4.69, 9.17) is 18.9 Å². The highest BCUT2D eigenvalue weighted by molar-refractivity contribution is 9.10. The van der Waals surface area contributed by atoms with E-state index in [0.29, 0.717) is 47.1 Å². The van der Waals surface area contributed by atoms with Crippen LogP contribution in [0.5, 0.6) is 23.0 Å². The number of ketones is 1. The van der Waals surface area contributed by atoms with Gasteiger partial charge in [-0.25, -0.2) is 0 Å². The Hall–Kier alpha value is -3.00. The predicted molar refractivity (Wildman–Crippen MR) is 126 cm³/mol. The first-order chi connectivity index (χ1) is 15.9. The van der Waals surface area contributed by atoms with Crippen molar-refractivity contribution in [2.24, 2.45) is 0 Å². The molecule has 0 fully saturated rings. The number of nitrogens with one attached hydrogen (secondary N) is 1. The minimum Gasteiger partial charge on any atom is -0.496 e. The fraction of sp³-hybridized carbons (Fsp3) is 0.360. The van der Waals surface area contributed by atoms with E-state index in [2.05, 4.69) is 21.2 Å². The van der Waals surface area contributed by atoms with Crippen molar-refractivity contribution in [3.63, 3.8) is 0 Å². The van der Waals surface area contributed by atoms with Gasteiger partial charge in [-0.2, -0.15) is 0 Å². The van der Waals surface area contributed by atoms with Crippen LogP contribution in [-0.2, 0) is 9.59 Å². The van der Waals surface area contributed by atoms with Crippen LogP contribution in [0.3, 0.4) is 0 Å². The molecule has 7 nitrogen and oxygen atoms in total. The van der Waals surface area contributed by atoms with Gasteiger partial charge in [0.2, 0.25) is 5.91 Å². The van der Waals surface area contributed by atoms with Crippen molar-refractivity contribution in [1.29, 1.82) is 0 Å². The Labute approximate surface area is 201 Å². The third-order valence-corrected chi connectivity index (χ3v) is 6.91. The number of carbonyl (C=O) groups is 2. The first kappa shape index (κ1) is 23.2. The monoisotopic (exact) mass is 515 g/mol. The van der Waals surface area contributed by atoms with E-state index in [0.717, 1.165) is 15.6 Å². The van der Waals surface area contributed by atoms with Gasteiger partial charge in [-0.15, -0.1) is 0 Å². The summed E-state index contributed by atoms with van der Waals surface area (Å²) in [6.45, 7) is 0. The number of hydrogen-bond acceptors (Lipinski definition) is 6. The molecule has 0 bridgehead atoms. The largest absolute Gasteiger partial charge is 0.496 e. The van der Waals surface area contributed by atoms with Crippen LogP contribution in [-0.4, -0.2) is 40.1 Å². The number of carbonyl (C=O) groups excluding carboxylic acids is 2. The zero-order valence-electron chi connectivity index (χ0n) is 19.0. The molecule has 8 heteroatoms. The Balaban J connectivity index is 1.75. The Morgan fingerprint density at radius 1 is 0.818 bits per heavy atom. The normalized spacial score (nSPS) is 20.2. The second kappa shape index (κ2) is 9.47. The number of rotatable bonds is 6. The summed E-state index contributed by atoms with van der Waals surface area (Å²) in [6, 6.07) is 9.32. The van der Waals surface area contributed by atoms with Crippen molar-refractivity contribution >= 4 is 27.6 Å². The predicted octanol–water partition coefficient (Wildman–Crippen LogP) is 4.49. The molecule has 33 heavy (non-hydrogen) atoms. The summed E-state index contributed by atoms with van der Waals surface area (Å²) in [7, 11) is 6.32. The van der Waals surface area contributed by atoms with Crippen LogP contribution in [0.2, 0.25) is 0 Å². The zero-order valence-corrected chi connectivity index (χ0v) is 20.6. The lowest BCUT2D eigenvalue weighted by Crippen LogP contribution is -2.38. The SMILES string of the molecule is COc1cc([C@H]2CC(=O)NC3=C2C(=O)C[C@@H](c2ccc(OC)c(OC)c2)C3)c(OC)cc1Br.